The lowest BCUT2D eigenvalue weighted by atomic mass is 9.79. The third kappa shape index (κ3) is 3.96. The molecule has 1 aromatic heterocycles. The van der Waals surface area contributed by atoms with Gasteiger partial charge in [-0.1, -0.05) is 47.1 Å². The molecule has 0 bridgehead atoms. The number of aryl methyl sites for hydroxylation is 1. The Morgan fingerprint density at radius 2 is 1.66 bits per heavy atom. The molecule has 6 nitrogen and oxygen atoms in total. The summed E-state index contributed by atoms with van der Waals surface area (Å²) in [5.74, 6) is 1.68. The van der Waals surface area contributed by atoms with Crippen molar-refractivity contribution in [2.75, 3.05) is 0 Å². The zero-order valence-corrected chi connectivity index (χ0v) is 16.7. The Bertz CT molecular complexity index is 956. The molecule has 2 fully saturated rings. The van der Waals surface area contributed by atoms with E-state index in [-0.39, 0.29) is 12.6 Å². The molecule has 150 valence electrons. The van der Waals surface area contributed by atoms with E-state index in [0.717, 1.165) is 30.5 Å². The van der Waals surface area contributed by atoms with Gasteiger partial charge in [0.25, 0.3) is 5.89 Å². The van der Waals surface area contributed by atoms with Crippen LogP contribution in [0.25, 0.3) is 22.8 Å². The highest BCUT2D eigenvalue weighted by atomic mass is 16.9. The monoisotopic (exact) mass is 391 g/mol. The standard InChI is InChI=1S/C23H25N3O3/c1-14-3-7-18(8-4-14)22-25-21(26-29-22)17-9-5-16(6-10-17)13-24-20-11-19(12-20)23-27-15(2)28-23/h3-10,15,19-20,23-24H,11-13H2,1-2H3/t15?,19-,20+,23?. The smallest absolute Gasteiger partial charge is 0.258 e. The van der Waals surface area contributed by atoms with Crippen molar-refractivity contribution >= 4 is 0 Å². The number of aromatic nitrogens is 2. The van der Waals surface area contributed by atoms with Gasteiger partial charge in [0, 0.05) is 29.6 Å². The van der Waals surface area contributed by atoms with Crippen LogP contribution in [0.3, 0.4) is 0 Å². The van der Waals surface area contributed by atoms with Crippen LogP contribution in [0.15, 0.2) is 53.1 Å². The zero-order chi connectivity index (χ0) is 19.8. The molecule has 1 saturated heterocycles. The summed E-state index contributed by atoms with van der Waals surface area (Å²) in [4.78, 5) is 4.53. The van der Waals surface area contributed by atoms with Crippen LogP contribution < -0.4 is 5.32 Å². The minimum Gasteiger partial charge on any atom is -0.334 e. The van der Waals surface area contributed by atoms with Crippen molar-refractivity contribution in [3.05, 3.63) is 59.7 Å². The first-order chi connectivity index (χ1) is 14.1. The summed E-state index contributed by atoms with van der Waals surface area (Å²) in [6.07, 6.45) is 2.21. The zero-order valence-electron chi connectivity index (χ0n) is 16.7. The number of rotatable bonds is 6. The number of nitrogens with zero attached hydrogens (tertiary/aromatic N) is 2. The first-order valence-corrected chi connectivity index (χ1v) is 10.2. The molecule has 1 N–H and O–H groups in total. The maximum atomic E-state index is 5.57. The van der Waals surface area contributed by atoms with Crippen molar-refractivity contribution in [3.63, 3.8) is 0 Å². The molecule has 1 aliphatic heterocycles. The average Bonchev–Trinajstić information content (AvgIpc) is 3.16. The Labute approximate surface area is 170 Å². The maximum absolute atomic E-state index is 5.57. The molecule has 1 saturated carbocycles. The number of hydrogen-bond donors (Lipinski definition) is 1. The van der Waals surface area contributed by atoms with Crippen molar-refractivity contribution in [1.29, 1.82) is 0 Å². The summed E-state index contributed by atoms with van der Waals surface area (Å²) < 4.78 is 16.6. The van der Waals surface area contributed by atoms with Gasteiger partial charge in [-0.15, -0.1) is 0 Å². The highest BCUT2D eigenvalue weighted by Crippen LogP contribution is 2.37. The van der Waals surface area contributed by atoms with Crippen molar-refractivity contribution in [1.82, 2.24) is 15.5 Å². The molecule has 2 heterocycles. The fourth-order valence-corrected chi connectivity index (χ4v) is 3.85. The van der Waals surface area contributed by atoms with E-state index < -0.39 is 0 Å². The predicted molar refractivity (Wildman–Crippen MR) is 109 cm³/mol. The van der Waals surface area contributed by atoms with E-state index >= 15 is 0 Å². The lowest BCUT2D eigenvalue weighted by Crippen LogP contribution is -2.52. The van der Waals surface area contributed by atoms with E-state index in [1.165, 1.54) is 11.1 Å². The molecule has 2 aliphatic rings. The van der Waals surface area contributed by atoms with Gasteiger partial charge < -0.3 is 19.3 Å². The Morgan fingerprint density at radius 1 is 0.966 bits per heavy atom. The minimum absolute atomic E-state index is 0.0158. The average molecular weight is 391 g/mol. The molecule has 0 unspecified atom stereocenters. The third-order valence-corrected chi connectivity index (χ3v) is 5.74. The normalized spacial score (nSPS) is 26.0. The van der Waals surface area contributed by atoms with Crippen molar-refractivity contribution in [2.45, 2.75) is 51.9 Å². The highest BCUT2D eigenvalue weighted by Gasteiger charge is 2.42. The van der Waals surface area contributed by atoms with Crippen LogP contribution >= 0.6 is 0 Å². The molecule has 0 amide bonds. The number of nitrogens with one attached hydrogen (secondary N) is 1. The van der Waals surface area contributed by atoms with E-state index in [0.29, 0.717) is 23.7 Å². The summed E-state index contributed by atoms with van der Waals surface area (Å²) in [5.41, 5.74) is 4.33. The van der Waals surface area contributed by atoms with E-state index in [1.54, 1.807) is 0 Å². The minimum atomic E-state index is -0.0299. The van der Waals surface area contributed by atoms with Gasteiger partial charge in [-0.2, -0.15) is 4.98 Å². The van der Waals surface area contributed by atoms with E-state index in [4.69, 9.17) is 14.0 Å². The van der Waals surface area contributed by atoms with Crippen LogP contribution in [-0.2, 0) is 16.0 Å². The number of ether oxygens (including phenoxy) is 2. The van der Waals surface area contributed by atoms with Crippen LogP contribution in [-0.4, -0.2) is 28.8 Å². The molecule has 1 aliphatic carbocycles. The van der Waals surface area contributed by atoms with Crippen LogP contribution in [0.5, 0.6) is 0 Å². The molecule has 0 spiro atoms. The second-order valence-electron chi connectivity index (χ2n) is 8.00. The molecular formula is C23H25N3O3. The number of benzene rings is 2. The maximum Gasteiger partial charge on any atom is 0.258 e. The van der Waals surface area contributed by atoms with Crippen LogP contribution in [0, 0.1) is 12.8 Å². The van der Waals surface area contributed by atoms with Gasteiger partial charge in [-0.3, -0.25) is 0 Å². The Kier molecular flexibility index (Phi) is 4.91. The van der Waals surface area contributed by atoms with Gasteiger partial charge in [0.1, 0.15) is 0 Å². The van der Waals surface area contributed by atoms with Gasteiger partial charge >= 0.3 is 0 Å². The fraction of sp³-hybridized carbons (Fsp3) is 0.391. The summed E-state index contributed by atoms with van der Waals surface area (Å²) in [5, 5.41) is 7.74. The van der Waals surface area contributed by atoms with Gasteiger partial charge in [-0.05, 0) is 44.4 Å². The Hall–Kier alpha value is -2.54. The second-order valence-corrected chi connectivity index (χ2v) is 8.00. The topological polar surface area (TPSA) is 69.4 Å². The third-order valence-electron chi connectivity index (χ3n) is 5.74. The lowest BCUT2D eigenvalue weighted by molar-refractivity contribution is -0.399. The molecule has 6 heteroatoms. The van der Waals surface area contributed by atoms with E-state index in [9.17, 15) is 0 Å². The van der Waals surface area contributed by atoms with Crippen LogP contribution in [0.1, 0.15) is 30.9 Å². The molecule has 3 aromatic rings. The largest absolute Gasteiger partial charge is 0.334 e. The second kappa shape index (κ2) is 7.71. The van der Waals surface area contributed by atoms with Crippen LogP contribution in [0.2, 0.25) is 0 Å². The van der Waals surface area contributed by atoms with E-state index in [1.807, 2.05) is 43.3 Å². The first-order valence-electron chi connectivity index (χ1n) is 10.2. The van der Waals surface area contributed by atoms with E-state index in [2.05, 4.69) is 34.5 Å². The quantitative estimate of drug-likeness (QED) is 0.676. The SMILES string of the molecule is Cc1ccc(-c2nc(-c3ccc(CN[C@H]4C[C@@H](C5OC(C)O5)C4)cc3)no2)cc1. The van der Waals surface area contributed by atoms with Crippen LogP contribution in [0.4, 0.5) is 0 Å². The predicted octanol–water partition coefficient (Wildman–Crippen LogP) is 4.30. The summed E-state index contributed by atoms with van der Waals surface area (Å²) in [7, 11) is 0. The first kappa shape index (κ1) is 18.5. The molecular weight excluding hydrogens is 366 g/mol. The Balaban J connectivity index is 1.14. The van der Waals surface area contributed by atoms with Crippen molar-refractivity contribution in [2.24, 2.45) is 5.92 Å². The van der Waals surface area contributed by atoms with Gasteiger partial charge in [-0.25, -0.2) is 0 Å². The molecule has 2 aromatic carbocycles. The Morgan fingerprint density at radius 3 is 2.34 bits per heavy atom. The summed E-state index contributed by atoms with van der Waals surface area (Å²) in [6, 6.07) is 16.9. The fourth-order valence-electron chi connectivity index (χ4n) is 3.85. The molecule has 0 atom stereocenters. The summed E-state index contributed by atoms with van der Waals surface area (Å²) in [6.45, 7) is 4.84. The number of hydrogen-bond acceptors (Lipinski definition) is 6. The van der Waals surface area contributed by atoms with Gasteiger partial charge in [0.05, 0.1) is 0 Å². The highest BCUT2D eigenvalue weighted by molar-refractivity contribution is 5.60. The molecule has 29 heavy (non-hydrogen) atoms. The van der Waals surface area contributed by atoms with Crippen molar-refractivity contribution < 1.29 is 14.0 Å². The molecule has 5 rings (SSSR count). The lowest BCUT2D eigenvalue weighted by Gasteiger charge is -2.46. The molecule has 0 radical (unpaired) electrons. The van der Waals surface area contributed by atoms with Crippen molar-refractivity contribution in [3.8, 4) is 22.8 Å². The van der Waals surface area contributed by atoms with Gasteiger partial charge in [0.2, 0.25) is 5.82 Å². The van der Waals surface area contributed by atoms with Gasteiger partial charge in [0.15, 0.2) is 12.6 Å². The summed E-state index contributed by atoms with van der Waals surface area (Å²) >= 11 is 0.